The number of rotatable bonds is 0. The molecule has 1 spiro atoms. The van der Waals surface area contributed by atoms with Gasteiger partial charge in [-0.1, -0.05) is 11.6 Å². The van der Waals surface area contributed by atoms with Crippen LogP contribution in [-0.2, 0) is 10.3 Å². The van der Waals surface area contributed by atoms with Crippen LogP contribution in [0.5, 0.6) is 0 Å². The van der Waals surface area contributed by atoms with Gasteiger partial charge in [-0.15, -0.1) is 11.3 Å². The molecule has 1 aromatic rings. The number of amides is 3. The van der Waals surface area contributed by atoms with E-state index >= 15 is 0 Å². The molecule has 2 aliphatic rings. The summed E-state index contributed by atoms with van der Waals surface area (Å²) in [5.41, 5.74) is -0.281. The second kappa shape index (κ2) is 2.62. The Hall–Kier alpha value is -1.33. The van der Waals surface area contributed by atoms with Crippen LogP contribution in [0.4, 0.5) is 4.79 Å². The molecule has 15 heavy (non-hydrogen) atoms. The zero-order chi connectivity index (χ0) is 10.6. The Labute approximate surface area is 93.9 Å². The van der Waals surface area contributed by atoms with Crippen molar-refractivity contribution in [1.82, 2.24) is 10.6 Å². The van der Waals surface area contributed by atoms with Gasteiger partial charge < -0.3 is 5.32 Å². The van der Waals surface area contributed by atoms with Gasteiger partial charge in [0.2, 0.25) is 0 Å². The molecule has 1 aromatic heterocycles. The number of thiophene rings is 1. The molecule has 76 valence electrons. The van der Waals surface area contributed by atoms with Crippen molar-refractivity contribution in [3.05, 3.63) is 26.9 Å². The van der Waals surface area contributed by atoms with E-state index in [0.29, 0.717) is 4.34 Å². The fourth-order valence-electron chi connectivity index (χ4n) is 1.87. The molecule has 1 aliphatic heterocycles. The average Bonchev–Trinajstić information content (AvgIpc) is 2.73. The topological polar surface area (TPSA) is 58.2 Å². The van der Waals surface area contributed by atoms with Crippen LogP contribution in [0.1, 0.15) is 10.4 Å². The molecule has 0 radical (unpaired) electrons. The summed E-state index contributed by atoms with van der Waals surface area (Å²) in [4.78, 5) is 23.7. The van der Waals surface area contributed by atoms with E-state index in [4.69, 9.17) is 11.6 Å². The van der Waals surface area contributed by atoms with Crippen LogP contribution in [0, 0.1) is 0 Å². The van der Waals surface area contributed by atoms with Crippen molar-refractivity contribution < 1.29 is 9.59 Å². The van der Waals surface area contributed by atoms with Gasteiger partial charge in [0.1, 0.15) is 0 Å². The first-order chi connectivity index (χ1) is 7.12. The van der Waals surface area contributed by atoms with E-state index in [0.717, 1.165) is 10.4 Å². The van der Waals surface area contributed by atoms with Crippen LogP contribution in [0.3, 0.4) is 0 Å². The Morgan fingerprint density at radius 2 is 2.20 bits per heavy atom. The maximum absolute atomic E-state index is 11.7. The van der Waals surface area contributed by atoms with Gasteiger partial charge in [0.25, 0.3) is 5.91 Å². The molecule has 1 saturated heterocycles. The van der Waals surface area contributed by atoms with Crippen LogP contribution >= 0.6 is 22.9 Å². The Morgan fingerprint density at radius 1 is 1.40 bits per heavy atom. The van der Waals surface area contributed by atoms with E-state index in [1.165, 1.54) is 11.3 Å². The summed E-state index contributed by atoms with van der Waals surface area (Å²) < 4.78 is 0.609. The van der Waals surface area contributed by atoms with Crippen LogP contribution in [0.15, 0.2) is 12.1 Å². The number of nitrogens with one attached hydrogen (secondary N) is 2. The van der Waals surface area contributed by atoms with Crippen LogP contribution in [-0.4, -0.2) is 11.9 Å². The molecule has 1 atom stereocenters. The minimum absolute atomic E-state index is 0.350. The van der Waals surface area contributed by atoms with E-state index in [1.807, 2.05) is 0 Å². The van der Waals surface area contributed by atoms with E-state index in [-0.39, 0.29) is 5.91 Å². The first-order valence-electron chi connectivity index (χ1n) is 4.24. The van der Waals surface area contributed by atoms with Crippen molar-refractivity contribution in [3.63, 3.8) is 0 Å². The number of imide groups is 1. The molecule has 2 heterocycles. The number of hydrogen-bond acceptors (Lipinski definition) is 3. The summed E-state index contributed by atoms with van der Waals surface area (Å²) in [6.07, 6.45) is 3.49. The molecule has 4 nitrogen and oxygen atoms in total. The molecule has 3 rings (SSSR count). The summed E-state index contributed by atoms with van der Waals surface area (Å²) in [5.74, 6) is -0.350. The van der Waals surface area contributed by atoms with Crippen molar-refractivity contribution >= 4 is 41.0 Å². The molecule has 0 aromatic carbocycles. The van der Waals surface area contributed by atoms with E-state index in [2.05, 4.69) is 10.6 Å². The van der Waals surface area contributed by atoms with Crippen LogP contribution in [0.25, 0.3) is 6.08 Å². The van der Waals surface area contributed by atoms with Crippen molar-refractivity contribution in [1.29, 1.82) is 0 Å². The first-order valence-corrected chi connectivity index (χ1v) is 5.44. The number of fused-ring (bicyclic) bond motifs is 2. The number of halogens is 1. The number of hydrogen-bond donors (Lipinski definition) is 2. The Bertz CT molecular complexity index is 522. The second-order valence-electron chi connectivity index (χ2n) is 3.38. The monoisotopic (exact) mass is 240 g/mol. The zero-order valence-electron chi connectivity index (χ0n) is 7.33. The fourth-order valence-corrected chi connectivity index (χ4v) is 3.08. The van der Waals surface area contributed by atoms with E-state index in [1.54, 1.807) is 18.2 Å². The molecule has 0 bridgehead atoms. The highest BCUT2D eigenvalue weighted by Crippen LogP contribution is 2.42. The molecule has 0 saturated carbocycles. The molecule has 1 aliphatic carbocycles. The lowest BCUT2D eigenvalue weighted by Gasteiger charge is -2.17. The number of carbonyl (C=O) groups excluding carboxylic acids is 2. The number of carbonyl (C=O) groups is 2. The maximum Gasteiger partial charge on any atom is 0.322 e. The lowest BCUT2D eigenvalue weighted by atomic mass is 9.95. The SMILES string of the molecule is O=C1NC(=O)C2(C=Cc3sc(Cl)cc32)N1. The third kappa shape index (κ3) is 1.02. The Kier molecular flexibility index (Phi) is 1.56. The smallest absolute Gasteiger partial charge is 0.316 e. The minimum Gasteiger partial charge on any atom is -0.316 e. The maximum atomic E-state index is 11.7. The normalized spacial score (nSPS) is 27.0. The van der Waals surface area contributed by atoms with Crippen molar-refractivity contribution in [2.24, 2.45) is 0 Å². The fraction of sp³-hybridized carbons (Fsp3) is 0.111. The first kappa shape index (κ1) is 8.94. The summed E-state index contributed by atoms with van der Waals surface area (Å²) in [5, 5.41) is 4.83. The predicted octanol–water partition coefficient (Wildman–Crippen LogP) is 1.46. The van der Waals surface area contributed by atoms with Crippen molar-refractivity contribution in [3.8, 4) is 0 Å². The quantitative estimate of drug-likeness (QED) is 0.675. The summed E-state index contributed by atoms with van der Waals surface area (Å²) in [7, 11) is 0. The van der Waals surface area contributed by atoms with Crippen molar-refractivity contribution in [2.75, 3.05) is 0 Å². The van der Waals surface area contributed by atoms with Crippen molar-refractivity contribution in [2.45, 2.75) is 5.54 Å². The lowest BCUT2D eigenvalue weighted by molar-refractivity contribution is -0.122. The van der Waals surface area contributed by atoms with Gasteiger partial charge in [-0.3, -0.25) is 10.1 Å². The van der Waals surface area contributed by atoms with E-state index in [9.17, 15) is 9.59 Å². The van der Waals surface area contributed by atoms with Gasteiger partial charge >= 0.3 is 6.03 Å². The standard InChI is InChI=1S/C9H5ClN2O2S/c10-6-3-4-5(15-6)1-2-9(4)7(13)11-8(14)12-9/h1-3H,(H2,11,12,13,14). The molecular weight excluding hydrogens is 236 g/mol. The highest BCUT2D eigenvalue weighted by Gasteiger charge is 2.49. The second-order valence-corrected chi connectivity index (χ2v) is 5.09. The van der Waals surface area contributed by atoms with Crippen LogP contribution < -0.4 is 10.6 Å². The third-order valence-corrected chi connectivity index (χ3v) is 3.77. The third-order valence-electron chi connectivity index (χ3n) is 2.54. The highest BCUT2D eigenvalue weighted by atomic mass is 35.5. The highest BCUT2D eigenvalue weighted by molar-refractivity contribution is 7.17. The Morgan fingerprint density at radius 3 is 2.87 bits per heavy atom. The molecule has 3 amide bonds. The van der Waals surface area contributed by atoms with Gasteiger partial charge in [0.15, 0.2) is 5.54 Å². The zero-order valence-corrected chi connectivity index (χ0v) is 8.91. The predicted molar refractivity (Wildman–Crippen MR) is 56.7 cm³/mol. The molecule has 1 unspecified atom stereocenters. The van der Waals surface area contributed by atoms with Crippen LogP contribution in [0.2, 0.25) is 4.34 Å². The van der Waals surface area contributed by atoms with Gasteiger partial charge in [-0.25, -0.2) is 4.79 Å². The van der Waals surface area contributed by atoms with Gasteiger partial charge in [-0.05, 0) is 18.2 Å². The molecule has 1 fully saturated rings. The lowest BCUT2D eigenvalue weighted by Crippen LogP contribution is -2.40. The summed E-state index contributed by atoms with van der Waals surface area (Å²) >= 11 is 7.25. The van der Waals surface area contributed by atoms with E-state index < -0.39 is 11.6 Å². The minimum atomic E-state index is -1.03. The molecular formula is C9H5ClN2O2S. The van der Waals surface area contributed by atoms with Gasteiger partial charge in [0, 0.05) is 10.4 Å². The molecule has 6 heteroatoms. The summed E-state index contributed by atoms with van der Waals surface area (Å²) in [6.45, 7) is 0. The number of urea groups is 1. The molecule has 2 N–H and O–H groups in total. The Balaban J connectivity index is 2.20. The van der Waals surface area contributed by atoms with Gasteiger partial charge in [0.05, 0.1) is 4.34 Å². The average molecular weight is 241 g/mol. The summed E-state index contributed by atoms with van der Waals surface area (Å²) in [6, 6.07) is 1.24. The largest absolute Gasteiger partial charge is 0.322 e. The van der Waals surface area contributed by atoms with Gasteiger partial charge in [-0.2, -0.15) is 0 Å².